The van der Waals surface area contributed by atoms with Gasteiger partial charge in [-0.3, -0.25) is 9.89 Å². The first-order valence-corrected chi connectivity index (χ1v) is 7.98. The molecular weight excluding hydrogens is 331 g/mol. The summed E-state index contributed by atoms with van der Waals surface area (Å²) < 4.78 is 14.0. The largest absolute Gasteiger partial charge is 0.338 e. The topological polar surface area (TPSA) is 75.0 Å². The number of likely N-dealkylation sites (tertiary alicyclic amines) is 1. The zero-order valence-corrected chi connectivity index (χ0v) is 13.9. The average Bonchev–Trinajstić information content (AvgIpc) is 3.25. The van der Waals surface area contributed by atoms with Crippen molar-refractivity contribution in [1.29, 1.82) is 0 Å². The summed E-state index contributed by atoms with van der Waals surface area (Å²) in [7, 11) is 0. The number of nitrogens with one attached hydrogen (secondary N) is 1. The van der Waals surface area contributed by atoms with Gasteiger partial charge in [-0.05, 0) is 36.8 Å². The lowest BCUT2D eigenvalue weighted by atomic mass is 9.98. The number of carbonyl (C=O) groups is 1. The Hall–Kier alpha value is -1.92. The molecule has 3 atom stereocenters. The van der Waals surface area contributed by atoms with E-state index in [-0.39, 0.29) is 30.2 Å². The highest BCUT2D eigenvalue weighted by molar-refractivity contribution is 6.00. The molecule has 7 heteroatoms. The summed E-state index contributed by atoms with van der Waals surface area (Å²) in [6.45, 7) is 1.42. The number of H-pyrrole nitrogens is 1. The molecule has 1 amide bonds. The van der Waals surface area contributed by atoms with E-state index < -0.39 is 0 Å². The quantitative estimate of drug-likeness (QED) is 0.873. The van der Waals surface area contributed by atoms with Gasteiger partial charge in [0.25, 0.3) is 5.91 Å². The third-order valence-corrected chi connectivity index (χ3v) is 5.21. The Morgan fingerprint density at radius 2 is 2.08 bits per heavy atom. The molecule has 1 aromatic heterocycles. The minimum Gasteiger partial charge on any atom is -0.338 e. The lowest BCUT2D eigenvalue weighted by Crippen LogP contribution is -2.33. The number of amides is 1. The van der Waals surface area contributed by atoms with Crippen LogP contribution in [0.25, 0.3) is 11.3 Å². The van der Waals surface area contributed by atoms with Crippen LogP contribution in [0.4, 0.5) is 4.39 Å². The Balaban J connectivity index is 0.00000169. The van der Waals surface area contributed by atoms with Crippen LogP contribution in [0, 0.1) is 17.7 Å². The van der Waals surface area contributed by atoms with Gasteiger partial charge >= 0.3 is 0 Å². The van der Waals surface area contributed by atoms with Crippen molar-refractivity contribution in [3.8, 4) is 11.3 Å². The van der Waals surface area contributed by atoms with Crippen molar-refractivity contribution < 1.29 is 9.18 Å². The molecule has 2 aromatic rings. The summed E-state index contributed by atoms with van der Waals surface area (Å²) >= 11 is 0. The van der Waals surface area contributed by atoms with Crippen LogP contribution >= 0.6 is 12.4 Å². The van der Waals surface area contributed by atoms with Crippen LogP contribution in [0.3, 0.4) is 0 Å². The van der Waals surface area contributed by atoms with Crippen molar-refractivity contribution in [2.45, 2.75) is 18.9 Å². The minimum atomic E-state index is -0.369. The molecule has 2 heterocycles. The van der Waals surface area contributed by atoms with Crippen molar-refractivity contribution in [2.24, 2.45) is 17.6 Å². The van der Waals surface area contributed by atoms with Gasteiger partial charge in [0.2, 0.25) is 0 Å². The van der Waals surface area contributed by atoms with E-state index in [1.807, 2.05) is 4.90 Å². The van der Waals surface area contributed by atoms with E-state index >= 15 is 0 Å². The highest BCUT2D eigenvalue weighted by Crippen LogP contribution is 2.38. The van der Waals surface area contributed by atoms with Gasteiger partial charge in [0.15, 0.2) is 0 Å². The van der Waals surface area contributed by atoms with Crippen LogP contribution < -0.4 is 5.73 Å². The second-order valence-electron chi connectivity index (χ2n) is 6.51. The first-order valence-electron chi connectivity index (χ1n) is 7.98. The maximum atomic E-state index is 14.0. The zero-order chi connectivity index (χ0) is 16.0. The van der Waals surface area contributed by atoms with Crippen LogP contribution in [0.2, 0.25) is 0 Å². The Labute approximate surface area is 145 Å². The highest BCUT2D eigenvalue weighted by atomic mass is 35.5. The molecule has 1 saturated heterocycles. The van der Waals surface area contributed by atoms with Crippen molar-refractivity contribution in [3.63, 3.8) is 0 Å². The first-order chi connectivity index (χ1) is 11.1. The van der Waals surface area contributed by atoms with E-state index in [1.54, 1.807) is 18.2 Å². The zero-order valence-electron chi connectivity index (χ0n) is 13.1. The smallest absolute Gasteiger partial charge is 0.257 e. The maximum absolute atomic E-state index is 14.0. The molecule has 0 spiro atoms. The number of aromatic amines is 1. The third-order valence-electron chi connectivity index (χ3n) is 5.21. The van der Waals surface area contributed by atoms with Crippen LogP contribution in [0.5, 0.6) is 0 Å². The molecule has 128 valence electrons. The maximum Gasteiger partial charge on any atom is 0.257 e. The Kier molecular flexibility index (Phi) is 4.60. The summed E-state index contributed by atoms with van der Waals surface area (Å²) in [6, 6.07) is 6.58. The highest BCUT2D eigenvalue weighted by Gasteiger charge is 2.43. The van der Waals surface area contributed by atoms with Gasteiger partial charge < -0.3 is 10.6 Å². The molecule has 0 bridgehead atoms. The van der Waals surface area contributed by atoms with Crippen LogP contribution in [0.1, 0.15) is 23.2 Å². The average molecular weight is 351 g/mol. The van der Waals surface area contributed by atoms with Gasteiger partial charge in [0.05, 0.1) is 17.5 Å². The second kappa shape index (κ2) is 6.53. The Morgan fingerprint density at radius 3 is 2.83 bits per heavy atom. The van der Waals surface area contributed by atoms with Crippen LogP contribution in [0.15, 0.2) is 30.5 Å². The second-order valence-corrected chi connectivity index (χ2v) is 6.51. The lowest BCUT2D eigenvalue weighted by Gasteiger charge is -2.18. The number of aromatic nitrogens is 2. The van der Waals surface area contributed by atoms with Crippen molar-refractivity contribution in [1.82, 2.24) is 15.1 Å². The molecule has 2 fully saturated rings. The summed E-state index contributed by atoms with van der Waals surface area (Å²) in [4.78, 5) is 14.7. The molecule has 1 aliphatic carbocycles. The number of hydrogen-bond acceptors (Lipinski definition) is 3. The molecule has 1 aromatic carbocycles. The summed E-state index contributed by atoms with van der Waals surface area (Å²) in [5, 5.41) is 6.72. The fraction of sp³-hybridized carbons (Fsp3) is 0.412. The predicted molar refractivity (Wildman–Crippen MR) is 91.3 cm³/mol. The molecule has 0 radical (unpaired) electrons. The molecule has 24 heavy (non-hydrogen) atoms. The normalized spacial score (nSPS) is 25.4. The van der Waals surface area contributed by atoms with Gasteiger partial charge in [-0.15, -0.1) is 12.4 Å². The van der Waals surface area contributed by atoms with E-state index in [4.69, 9.17) is 5.73 Å². The fourth-order valence-electron chi connectivity index (χ4n) is 3.96. The van der Waals surface area contributed by atoms with Gasteiger partial charge in [0.1, 0.15) is 5.82 Å². The molecule has 5 nitrogen and oxygen atoms in total. The Morgan fingerprint density at radius 1 is 1.29 bits per heavy atom. The van der Waals surface area contributed by atoms with E-state index in [2.05, 4.69) is 10.2 Å². The molecule has 2 aliphatic rings. The number of fused-ring (bicyclic) bond motifs is 1. The molecule has 1 saturated carbocycles. The number of rotatable bonds is 2. The monoisotopic (exact) mass is 350 g/mol. The summed E-state index contributed by atoms with van der Waals surface area (Å²) in [5.74, 6) is 0.422. The third kappa shape index (κ3) is 2.70. The summed E-state index contributed by atoms with van der Waals surface area (Å²) in [5.41, 5.74) is 7.36. The molecule has 3 unspecified atom stereocenters. The van der Waals surface area contributed by atoms with Gasteiger partial charge in [0, 0.05) is 24.7 Å². The molecular formula is C17H20ClFN4O. The first kappa shape index (κ1) is 16.9. The van der Waals surface area contributed by atoms with E-state index in [1.165, 1.54) is 12.3 Å². The molecule has 3 N–H and O–H groups in total. The van der Waals surface area contributed by atoms with Gasteiger partial charge in [-0.1, -0.05) is 12.1 Å². The van der Waals surface area contributed by atoms with Crippen molar-refractivity contribution >= 4 is 18.3 Å². The minimum absolute atomic E-state index is 0. The van der Waals surface area contributed by atoms with Crippen molar-refractivity contribution in [2.75, 3.05) is 13.1 Å². The number of nitrogens with zero attached hydrogens (tertiary/aromatic N) is 2. The number of carbonyl (C=O) groups excluding carboxylic acids is 1. The van der Waals surface area contributed by atoms with Crippen LogP contribution in [-0.2, 0) is 0 Å². The lowest BCUT2D eigenvalue weighted by molar-refractivity contribution is 0.0780. The summed E-state index contributed by atoms with van der Waals surface area (Å²) in [6.07, 6.45) is 3.61. The number of halogens is 2. The fourth-order valence-corrected chi connectivity index (χ4v) is 3.96. The number of benzene rings is 1. The SMILES string of the molecule is Cl.NC1CCC2CN(C(=O)c3cn[nH]c3-c3ccccc3F)CC12. The number of hydrogen-bond donors (Lipinski definition) is 2. The Bertz CT molecular complexity index is 750. The molecule has 4 rings (SSSR count). The van der Waals surface area contributed by atoms with Crippen LogP contribution in [-0.4, -0.2) is 40.1 Å². The van der Waals surface area contributed by atoms with E-state index in [9.17, 15) is 9.18 Å². The van der Waals surface area contributed by atoms with Gasteiger partial charge in [-0.25, -0.2) is 4.39 Å². The van der Waals surface area contributed by atoms with Crippen molar-refractivity contribution in [3.05, 3.63) is 41.8 Å². The predicted octanol–water partition coefficient (Wildman–Crippen LogP) is 2.45. The van der Waals surface area contributed by atoms with E-state index in [0.717, 1.165) is 19.4 Å². The van der Waals surface area contributed by atoms with E-state index in [0.29, 0.717) is 35.2 Å². The standard InChI is InChI=1S/C17H19FN4O.ClH/c18-14-4-2-1-3-11(14)16-12(7-20-21-16)17(23)22-8-10-5-6-15(19)13(10)9-22;/h1-4,7,10,13,15H,5-6,8-9,19H2,(H,20,21);1H. The molecule has 1 aliphatic heterocycles. The van der Waals surface area contributed by atoms with Gasteiger partial charge in [-0.2, -0.15) is 5.10 Å². The number of nitrogens with two attached hydrogens (primary N) is 1.